The molecule has 384 valence electrons. The number of hydrogen-bond acceptors (Lipinski definition) is 18. The Balaban J connectivity index is 1.51. The van der Waals surface area contributed by atoms with Gasteiger partial charge >= 0.3 is 30.0 Å². The molecule has 19 nitrogen and oxygen atoms in total. The number of ketones is 1. The van der Waals surface area contributed by atoms with E-state index < -0.39 is 125 Å². The summed E-state index contributed by atoms with van der Waals surface area (Å²) in [5.74, 6) is -5.69. The predicted octanol–water partition coefficient (Wildman–Crippen LogP) is 4.11. The van der Waals surface area contributed by atoms with Crippen LogP contribution in [0.1, 0.15) is 90.2 Å². The molecule has 6 rings (SSSR count). The van der Waals surface area contributed by atoms with E-state index in [4.69, 9.17) is 53.1 Å². The lowest BCUT2D eigenvalue weighted by molar-refractivity contribution is -0.347. The van der Waals surface area contributed by atoms with Gasteiger partial charge in [-0.3, -0.25) is 9.59 Å². The Labute approximate surface area is 408 Å². The summed E-state index contributed by atoms with van der Waals surface area (Å²) in [6.45, 7) is 12.6. The van der Waals surface area contributed by atoms with Crippen LogP contribution in [0, 0.1) is 16.7 Å². The summed E-state index contributed by atoms with van der Waals surface area (Å²) in [6.07, 6.45) is -9.72. The molecule has 1 amide bonds. The maximum Gasteiger partial charge on any atom is 0.408 e. The van der Waals surface area contributed by atoms with Gasteiger partial charge in [0.1, 0.15) is 48.3 Å². The fourth-order valence-corrected chi connectivity index (χ4v) is 10.8. The van der Waals surface area contributed by atoms with Gasteiger partial charge in [-0.25, -0.2) is 19.2 Å². The number of Topliss-reactive ketones (excluding diaryl/α,β-unsaturated/α-hetero) is 1. The second kappa shape index (κ2) is 21.6. The number of amides is 1. The number of fused-ring (bicyclic) bond motifs is 5. The summed E-state index contributed by atoms with van der Waals surface area (Å²) < 4.78 is 59.7. The molecule has 0 unspecified atom stereocenters. The van der Waals surface area contributed by atoms with Crippen LogP contribution in [0.2, 0.25) is 0 Å². The number of nitrogens with one attached hydrogen (secondary N) is 1. The zero-order valence-corrected chi connectivity index (χ0v) is 41.6. The molecule has 0 spiro atoms. The Hall–Kier alpha value is -5.28. The lowest BCUT2D eigenvalue weighted by atomic mass is 9.44. The molecule has 3 fully saturated rings. The van der Waals surface area contributed by atoms with E-state index in [2.05, 4.69) is 5.32 Å². The molecule has 19 heteroatoms. The Bertz CT molecular complexity index is 2260. The quantitative estimate of drug-likeness (QED) is 0.0822. The first kappa shape index (κ1) is 54.1. The van der Waals surface area contributed by atoms with Crippen molar-refractivity contribution in [3.8, 4) is 0 Å². The van der Waals surface area contributed by atoms with Gasteiger partial charge in [-0.1, -0.05) is 62.4 Å². The highest BCUT2D eigenvalue weighted by Crippen LogP contribution is 2.65. The zero-order chi connectivity index (χ0) is 51.4. The highest BCUT2D eigenvalue weighted by Gasteiger charge is 2.78. The van der Waals surface area contributed by atoms with Gasteiger partial charge in [0.25, 0.3) is 0 Å². The smallest absolute Gasteiger partial charge is 0.408 e. The molecule has 1 saturated heterocycles. The summed E-state index contributed by atoms with van der Waals surface area (Å²) in [7, 11) is 2.76. The van der Waals surface area contributed by atoms with Gasteiger partial charge in [0.05, 0.1) is 49.4 Å². The third-order valence-electron chi connectivity index (χ3n) is 14.1. The van der Waals surface area contributed by atoms with Crippen molar-refractivity contribution >= 4 is 35.8 Å². The molecule has 2 bridgehead atoms. The maximum atomic E-state index is 15.8. The molecule has 3 aliphatic carbocycles. The van der Waals surface area contributed by atoms with Gasteiger partial charge in [-0.15, -0.1) is 0 Å². The standard InChI is InChI=1S/C51H68N2O17/c1-29-33(66-45(58)40(67-36(55)27-64-24-23-63-22-21-52)38(31-17-13-11-14-18-31)53-46(59)70-47(3,4)5)26-51(60)43(68-44(57)32-19-15-12-16-20-32)41-49(8,42(56)39(62-10)37(29)48(51,6)7)34(61-9)25-35-50(41,28-65-35)69-30(2)54/h11-20,33-35,38-41,43,60H,21-28,52H2,1-10H3,(H,53,59)/t33-,34-,35+,38-,39+,40+,41-,43-,49+,50-,51+/m0/s1. The molecule has 70 heavy (non-hydrogen) atoms. The predicted molar refractivity (Wildman–Crippen MR) is 248 cm³/mol. The lowest BCUT2D eigenvalue weighted by Crippen LogP contribution is -2.82. The van der Waals surface area contributed by atoms with Crippen molar-refractivity contribution in [2.24, 2.45) is 22.5 Å². The van der Waals surface area contributed by atoms with Crippen LogP contribution in [0.4, 0.5) is 4.79 Å². The zero-order valence-electron chi connectivity index (χ0n) is 41.6. The van der Waals surface area contributed by atoms with Crippen LogP contribution < -0.4 is 11.1 Å². The van der Waals surface area contributed by atoms with E-state index in [1.54, 1.807) is 97.0 Å². The first-order chi connectivity index (χ1) is 33.0. The van der Waals surface area contributed by atoms with Gasteiger partial charge in [0.15, 0.2) is 11.4 Å². The van der Waals surface area contributed by atoms with Crippen molar-refractivity contribution in [1.29, 1.82) is 0 Å². The molecule has 4 N–H and O–H groups in total. The highest BCUT2D eigenvalue weighted by atomic mass is 16.6. The van der Waals surface area contributed by atoms with Crippen molar-refractivity contribution < 1.29 is 81.2 Å². The first-order valence-electron chi connectivity index (χ1n) is 23.4. The Morgan fingerprint density at radius 2 is 1.56 bits per heavy atom. The van der Waals surface area contributed by atoms with Gasteiger partial charge in [-0.2, -0.15) is 0 Å². The molecule has 1 aliphatic heterocycles. The molecule has 4 aliphatic rings. The van der Waals surface area contributed by atoms with Crippen molar-refractivity contribution in [3.05, 3.63) is 82.9 Å². The van der Waals surface area contributed by atoms with Gasteiger partial charge in [0.2, 0.25) is 6.10 Å². The van der Waals surface area contributed by atoms with Crippen LogP contribution in [0.25, 0.3) is 0 Å². The van der Waals surface area contributed by atoms with Crippen LogP contribution in [0.15, 0.2) is 71.8 Å². The van der Waals surface area contributed by atoms with E-state index in [0.29, 0.717) is 11.1 Å². The normalized spacial score (nSPS) is 29.9. The van der Waals surface area contributed by atoms with E-state index in [1.165, 1.54) is 33.3 Å². The average molecular weight is 981 g/mol. The number of benzene rings is 2. The molecular formula is C51H68N2O17. The van der Waals surface area contributed by atoms with Crippen molar-refractivity contribution in [2.75, 3.05) is 53.8 Å². The number of aliphatic hydroxyl groups is 1. The molecule has 2 aromatic rings. The maximum absolute atomic E-state index is 15.8. The fourth-order valence-electron chi connectivity index (χ4n) is 10.8. The minimum atomic E-state index is -2.30. The van der Waals surface area contributed by atoms with E-state index in [1.807, 2.05) is 0 Å². The monoisotopic (exact) mass is 980 g/mol. The van der Waals surface area contributed by atoms with E-state index in [0.717, 1.165) is 0 Å². The number of esters is 4. The van der Waals surface area contributed by atoms with E-state index in [-0.39, 0.29) is 50.5 Å². The van der Waals surface area contributed by atoms with Gasteiger partial charge in [-0.05, 0) is 63.5 Å². The Morgan fingerprint density at radius 1 is 0.914 bits per heavy atom. The van der Waals surface area contributed by atoms with Crippen molar-refractivity contribution in [2.45, 2.75) is 128 Å². The summed E-state index contributed by atoms with van der Waals surface area (Å²) >= 11 is 0. The van der Waals surface area contributed by atoms with Crippen LogP contribution in [-0.4, -0.2) is 148 Å². The number of alkyl carbamates (subject to hydrolysis) is 1. The number of ether oxygens (including phenoxy) is 10. The average Bonchev–Trinajstić information content (AvgIpc) is 3.30. The number of methoxy groups -OCH3 is 2. The van der Waals surface area contributed by atoms with Crippen LogP contribution in [0.5, 0.6) is 0 Å². The number of carbonyl (C=O) groups excluding carboxylic acids is 6. The van der Waals surface area contributed by atoms with Gasteiger partial charge < -0.3 is 63.5 Å². The van der Waals surface area contributed by atoms with E-state index >= 15 is 9.59 Å². The summed E-state index contributed by atoms with van der Waals surface area (Å²) in [6, 6.07) is 14.8. The summed E-state index contributed by atoms with van der Waals surface area (Å²) in [5, 5.41) is 16.6. The second-order valence-electron chi connectivity index (χ2n) is 19.9. The largest absolute Gasteiger partial charge is 0.455 e. The molecule has 1 heterocycles. The molecule has 0 aromatic heterocycles. The topological polar surface area (TPSA) is 253 Å². The SMILES string of the molecule is CO[C@H]1C(=O)[C@]2(C)[C@@H](OC)C[C@H]3OC[C@@]3(OC(C)=O)[C@H]2[C@H](OC(=O)c2ccccc2)[C@]2(O)C[C@H](OC(=O)[C@H](OC(=O)COCCOCCN)[C@@H](NC(=O)OC(C)(C)C)c3ccccc3)C(C)=C1C2(C)C. The Morgan fingerprint density at radius 3 is 2.13 bits per heavy atom. The van der Waals surface area contributed by atoms with Crippen LogP contribution in [0.3, 0.4) is 0 Å². The highest BCUT2D eigenvalue weighted by molar-refractivity contribution is 5.94. The van der Waals surface area contributed by atoms with Crippen LogP contribution >= 0.6 is 0 Å². The number of nitrogens with two attached hydrogens (primary N) is 1. The molecule has 0 radical (unpaired) electrons. The van der Waals surface area contributed by atoms with Crippen LogP contribution in [-0.2, 0) is 66.5 Å². The molecule has 11 atom stereocenters. The third-order valence-corrected chi connectivity index (χ3v) is 14.1. The molecule has 2 saturated carbocycles. The van der Waals surface area contributed by atoms with Crippen molar-refractivity contribution in [3.63, 3.8) is 0 Å². The number of rotatable bonds is 18. The fraction of sp³-hybridized carbons (Fsp3) is 0.608. The lowest BCUT2D eigenvalue weighted by Gasteiger charge is -2.67. The number of carbonyl (C=O) groups is 6. The molecule has 2 aromatic carbocycles. The minimum absolute atomic E-state index is 0.0160. The van der Waals surface area contributed by atoms with Crippen molar-refractivity contribution in [1.82, 2.24) is 5.32 Å². The summed E-state index contributed by atoms with van der Waals surface area (Å²) in [4.78, 5) is 85.7. The number of hydrogen-bond donors (Lipinski definition) is 3. The second-order valence-corrected chi connectivity index (χ2v) is 19.9. The Kier molecular flexibility index (Phi) is 16.7. The van der Waals surface area contributed by atoms with Gasteiger partial charge in [0, 0.05) is 45.9 Å². The van der Waals surface area contributed by atoms with E-state index in [9.17, 15) is 24.3 Å². The first-order valence-corrected chi connectivity index (χ1v) is 23.4. The minimum Gasteiger partial charge on any atom is -0.455 e. The molecular weight excluding hydrogens is 913 g/mol. The third kappa shape index (κ3) is 10.5. The summed E-state index contributed by atoms with van der Waals surface area (Å²) in [5.41, 5.74) is -1.75.